The van der Waals surface area contributed by atoms with Crippen LogP contribution in [0.15, 0.2) is 22.7 Å². The average Bonchev–Trinajstić information content (AvgIpc) is 2.41. The monoisotopic (exact) mass is 326 g/mol. The van der Waals surface area contributed by atoms with Gasteiger partial charge in [-0.15, -0.1) is 0 Å². The number of likely N-dealkylation sites (N-methyl/N-ethyl adjacent to an activating group) is 1. The van der Waals surface area contributed by atoms with Gasteiger partial charge in [-0.25, -0.2) is 4.79 Å². The molecule has 0 aromatic heterocycles. The maximum absolute atomic E-state index is 10.9. The first-order valence-electron chi connectivity index (χ1n) is 6.62. The quantitative estimate of drug-likeness (QED) is 0.892. The van der Waals surface area contributed by atoms with Crippen LogP contribution in [0, 0.1) is 0 Å². The Morgan fingerprint density at radius 1 is 1.58 bits per heavy atom. The number of nitrogens with zero attached hydrogens (tertiary/aromatic N) is 1. The van der Waals surface area contributed by atoms with E-state index in [2.05, 4.69) is 33.1 Å². The molecule has 1 fully saturated rings. The zero-order chi connectivity index (χ0) is 13.8. The van der Waals surface area contributed by atoms with Crippen LogP contribution in [-0.2, 0) is 0 Å². The lowest BCUT2D eigenvalue weighted by Gasteiger charge is -2.33. The fourth-order valence-corrected chi connectivity index (χ4v) is 2.94. The van der Waals surface area contributed by atoms with Crippen molar-refractivity contribution in [3.63, 3.8) is 0 Å². The standard InChI is InChI=1S/C14H19BrN2O2/c1-2-17-7-3-4-11(9-17)16-13-6-5-10(14(18)19)8-12(13)15/h5-6,8,11,16H,2-4,7,9H2,1H3,(H,18,19). The third kappa shape index (κ3) is 3.70. The molecule has 1 heterocycles. The smallest absolute Gasteiger partial charge is 0.335 e. The van der Waals surface area contributed by atoms with Crippen molar-refractivity contribution in [1.29, 1.82) is 0 Å². The Labute approximate surface area is 121 Å². The van der Waals surface area contributed by atoms with Gasteiger partial charge < -0.3 is 15.3 Å². The molecule has 0 spiro atoms. The van der Waals surface area contributed by atoms with Crippen molar-refractivity contribution in [1.82, 2.24) is 4.90 Å². The number of benzene rings is 1. The van der Waals surface area contributed by atoms with Gasteiger partial charge in [-0.2, -0.15) is 0 Å². The molecule has 1 aromatic carbocycles. The number of piperidine rings is 1. The van der Waals surface area contributed by atoms with E-state index in [-0.39, 0.29) is 0 Å². The molecule has 104 valence electrons. The lowest BCUT2D eigenvalue weighted by Crippen LogP contribution is -2.41. The first-order valence-corrected chi connectivity index (χ1v) is 7.41. The molecule has 2 rings (SSSR count). The number of hydrogen-bond acceptors (Lipinski definition) is 3. The summed E-state index contributed by atoms with van der Waals surface area (Å²) in [5.74, 6) is -0.901. The number of anilines is 1. The third-order valence-corrected chi connectivity index (χ3v) is 4.18. The van der Waals surface area contributed by atoms with Crippen molar-refractivity contribution in [2.24, 2.45) is 0 Å². The lowest BCUT2D eigenvalue weighted by atomic mass is 10.1. The Balaban J connectivity index is 2.04. The normalized spacial score (nSPS) is 20.2. The largest absolute Gasteiger partial charge is 0.478 e. The van der Waals surface area contributed by atoms with Gasteiger partial charge in [-0.05, 0) is 60.1 Å². The third-order valence-electron chi connectivity index (χ3n) is 3.53. The predicted octanol–water partition coefficient (Wildman–Crippen LogP) is 3.04. The number of aromatic carboxylic acids is 1. The van der Waals surface area contributed by atoms with Crippen LogP contribution in [0.5, 0.6) is 0 Å². The maximum atomic E-state index is 10.9. The first kappa shape index (κ1) is 14.3. The molecule has 0 aliphatic carbocycles. The summed E-state index contributed by atoms with van der Waals surface area (Å²) in [6.07, 6.45) is 2.36. The van der Waals surface area contributed by atoms with E-state index in [1.807, 2.05) is 6.07 Å². The van der Waals surface area contributed by atoms with E-state index in [9.17, 15) is 4.79 Å². The molecule has 1 aliphatic heterocycles. The van der Waals surface area contributed by atoms with Crippen molar-refractivity contribution in [3.05, 3.63) is 28.2 Å². The summed E-state index contributed by atoms with van der Waals surface area (Å²) >= 11 is 3.43. The number of carboxylic acids is 1. The minimum atomic E-state index is -0.901. The minimum Gasteiger partial charge on any atom is -0.478 e. The van der Waals surface area contributed by atoms with Crippen LogP contribution >= 0.6 is 15.9 Å². The summed E-state index contributed by atoms with van der Waals surface area (Å²) in [5.41, 5.74) is 1.27. The number of carbonyl (C=O) groups is 1. The van der Waals surface area contributed by atoms with Gasteiger partial charge in [0.25, 0.3) is 0 Å². The summed E-state index contributed by atoms with van der Waals surface area (Å²) in [4.78, 5) is 13.3. The number of halogens is 1. The Hall–Kier alpha value is -1.07. The molecule has 19 heavy (non-hydrogen) atoms. The number of likely N-dealkylation sites (tertiary alicyclic amines) is 1. The van der Waals surface area contributed by atoms with Gasteiger partial charge in [-0.1, -0.05) is 6.92 Å². The van der Waals surface area contributed by atoms with Crippen molar-refractivity contribution in [2.75, 3.05) is 25.0 Å². The number of rotatable bonds is 4. The lowest BCUT2D eigenvalue weighted by molar-refractivity contribution is 0.0697. The van der Waals surface area contributed by atoms with Crippen molar-refractivity contribution in [2.45, 2.75) is 25.8 Å². The van der Waals surface area contributed by atoms with Crippen LogP contribution in [0.4, 0.5) is 5.69 Å². The van der Waals surface area contributed by atoms with E-state index in [1.54, 1.807) is 12.1 Å². The van der Waals surface area contributed by atoms with Crippen molar-refractivity contribution < 1.29 is 9.90 Å². The van der Waals surface area contributed by atoms with Gasteiger partial charge in [0.1, 0.15) is 0 Å². The molecular formula is C14H19BrN2O2. The topological polar surface area (TPSA) is 52.6 Å². The van der Waals surface area contributed by atoms with Gasteiger partial charge in [0.05, 0.1) is 5.56 Å². The average molecular weight is 327 g/mol. The second kappa shape index (κ2) is 6.39. The first-order chi connectivity index (χ1) is 9.10. The molecule has 1 aromatic rings. The molecule has 1 aliphatic rings. The molecule has 1 unspecified atom stereocenters. The van der Waals surface area contributed by atoms with E-state index >= 15 is 0 Å². The molecule has 4 nitrogen and oxygen atoms in total. The molecule has 0 saturated carbocycles. The van der Waals surface area contributed by atoms with E-state index in [1.165, 1.54) is 13.0 Å². The van der Waals surface area contributed by atoms with Gasteiger partial charge in [0.15, 0.2) is 0 Å². The molecule has 1 atom stereocenters. The highest BCUT2D eigenvalue weighted by Gasteiger charge is 2.19. The van der Waals surface area contributed by atoms with Crippen LogP contribution in [0.25, 0.3) is 0 Å². The molecule has 0 amide bonds. The van der Waals surface area contributed by atoms with Gasteiger partial charge in [-0.3, -0.25) is 0 Å². The van der Waals surface area contributed by atoms with Gasteiger partial charge in [0, 0.05) is 22.7 Å². The summed E-state index contributed by atoms with van der Waals surface area (Å²) in [6.45, 7) is 5.48. The Morgan fingerprint density at radius 2 is 2.37 bits per heavy atom. The second-order valence-electron chi connectivity index (χ2n) is 4.88. The molecule has 0 radical (unpaired) electrons. The minimum absolute atomic E-state index is 0.302. The van der Waals surface area contributed by atoms with Crippen LogP contribution in [0.1, 0.15) is 30.1 Å². The second-order valence-corrected chi connectivity index (χ2v) is 5.73. The van der Waals surface area contributed by atoms with Crippen LogP contribution in [-0.4, -0.2) is 41.7 Å². The summed E-state index contributed by atoms with van der Waals surface area (Å²) in [7, 11) is 0. The van der Waals surface area contributed by atoms with Crippen LogP contribution in [0.3, 0.4) is 0 Å². The number of nitrogens with one attached hydrogen (secondary N) is 1. The highest BCUT2D eigenvalue weighted by atomic mass is 79.9. The van der Waals surface area contributed by atoms with Gasteiger partial charge >= 0.3 is 5.97 Å². The number of hydrogen-bond donors (Lipinski definition) is 2. The SMILES string of the molecule is CCN1CCCC(Nc2ccc(C(=O)O)cc2Br)C1. The van der Waals surface area contributed by atoms with Crippen LogP contribution in [0.2, 0.25) is 0 Å². The molecule has 1 saturated heterocycles. The van der Waals surface area contributed by atoms with E-state index in [0.29, 0.717) is 11.6 Å². The maximum Gasteiger partial charge on any atom is 0.335 e. The molecule has 0 bridgehead atoms. The Morgan fingerprint density at radius 3 is 3.00 bits per heavy atom. The highest BCUT2D eigenvalue weighted by molar-refractivity contribution is 9.10. The van der Waals surface area contributed by atoms with E-state index < -0.39 is 5.97 Å². The van der Waals surface area contributed by atoms with E-state index in [4.69, 9.17) is 5.11 Å². The Bertz CT molecular complexity index is 465. The Kier molecular flexibility index (Phi) is 4.82. The summed E-state index contributed by atoms with van der Waals surface area (Å²) < 4.78 is 0.807. The van der Waals surface area contributed by atoms with Crippen LogP contribution < -0.4 is 5.32 Å². The van der Waals surface area contributed by atoms with E-state index in [0.717, 1.165) is 29.7 Å². The molecule has 2 N–H and O–H groups in total. The fraction of sp³-hybridized carbons (Fsp3) is 0.500. The fourth-order valence-electron chi connectivity index (χ4n) is 2.45. The molecule has 5 heteroatoms. The van der Waals surface area contributed by atoms with Crippen molar-refractivity contribution >= 4 is 27.6 Å². The van der Waals surface area contributed by atoms with Gasteiger partial charge in [0.2, 0.25) is 0 Å². The molecular weight excluding hydrogens is 308 g/mol. The highest BCUT2D eigenvalue weighted by Crippen LogP contribution is 2.26. The summed E-state index contributed by atoms with van der Waals surface area (Å²) in [5, 5.41) is 12.4. The summed E-state index contributed by atoms with van der Waals surface area (Å²) in [6, 6.07) is 5.54. The number of carboxylic acid groups (broad SMARTS) is 1. The predicted molar refractivity (Wildman–Crippen MR) is 79.9 cm³/mol. The zero-order valence-electron chi connectivity index (χ0n) is 11.0. The van der Waals surface area contributed by atoms with Crippen molar-refractivity contribution in [3.8, 4) is 0 Å². The zero-order valence-corrected chi connectivity index (χ0v) is 12.6.